The second-order valence-electron chi connectivity index (χ2n) is 8.48. The van der Waals surface area contributed by atoms with E-state index in [1.807, 2.05) is 12.1 Å². The van der Waals surface area contributed by atoms with E-state index in [0.717, 1.165) is 48.3 Å². The van der Waals surface area contributed by atoms with Crippen LogP contribution in [0.15, 0.2) is 48.5 Å². The van der Waals surface area contributed by atoms with E-state index in [2.05, 4.69) is 48.3 Å². The van der Waals surface area contributed by atoms with Gasteiger partial charge in [0.25, 0.3) is 5.91 Å². The summed E-state index contributed by atoms with van der Waals surface area (Å²) in [6, 6.07) is 14.9. The maximum atomic E-state index is 13.3. The van der Waals surface area contributed by atoms with Crippen molar-refractivity contribution >= 4 is 5.91 Å². The van der Waals surface area contributed by atoms with E-state index < -0.39 is 0 Å². The highest BCUT2D eigenvalue weighted by Gasteiger charge is 2.27. The molecule has 1 N–H and O–H groups in total. The Morgan fingerprint density at radius 2 is 1.84 bits per heavy atom. The van der Waals surface area contributed by atoms with Gasteiger partial charge in [0, 0.05) is 30.4 Å². The van der Waals surface area contributed by atoms with Gasteiger partial charge in [-0.05, 0) is 75.5 Å². The molecule has 0 radical (unpaired) electrons. The van der Waals surface area contributed by atoms with Crippen LogP contribution in [-0.2, 0) is 25.9 Å². The van der Waals surface area contributed by atoms with Crippen LogP contribution in [0.3, 0.4) is 0 Å². The highest BCUT2D eigenvalue weighted by Crippen LogP contribution is 2.28. The van der Waals surface area contributed by atoms with Gasteiger partial charge in [0.15, 0.2) is 5.69 Å². The van der Waals surface area contributed by atoms with Gasteiger partial charge in [0.05, 0.1) is 5.69 Å². The van der Waals surface area contributed by atoms with Crippen molar-refractivity contribution in [3.8, 4) is 5.69 Å². The average Bonchev–Trinajstić information content (AvgIpc) is 3.36. The van der Waals surface area contributed by atoms with Gasteiger partial charge in [-0.15, -0.1) is 0 Å². The molecule has 3 aromatic rings. The maximum absolute atomic E-state index is 13.3. The second-order valence-corrected chi connectivity index (χ2v) is 8.48. The standard InChI is InChI=1S/C25H29FN4O/c1-17(2)29(3)16-19-8-5-4-7-18(19)15-27-25(31)24-22-9-6-10-23(22)30(28-24)21-13-11-20(26)12-14-21/h4-5,7-8,11-14,17H,6,9-10,15-16H2,1-3H3,(H,27,31). The molecule has 2 aromatic carbocycles. The number of carbonyl (C=O) groups excluding carboxylic acids is 1. The first-order chi connectivity index (χ1) is 14.9. The summed E-state index contributed by atoms with van der Waals surface area (Å²) in [6.07, 6.45) is 2.71. The van der Waals surface area contributed by atoms with Crippen LogP contribution in [0, 0.1) is 5.82 Å². The molecule has 0 saturated carbocycles. The van der Waals surface area contributed by atoms with E-state index in [1.165, 1.54) is 17.7 Å². The van der Waals surface area contributed by atoms with E-state index in [9.17, 15) is 9.18 Å². The third-order valence-corrected chi connectivity index (χ3v) is 6.08. The van der Waals surface area contributed by atoms with Gasteiger partial charge < -0.3 is 5.32 Å². The molecule has 0 saturated heterocycles. The monoisotopic (exact) mass is 420 g/mol. The molecule has 5 nitrogen and oxygen atoms in total. The van der Waals surface area contributed by atoms with Crippen LogP contribution in [0.1, 0.15) is 53.1 Å². The molecule has 6 heteroatoms. The largest absolute Gasteiger partial charge is 0.347 e. The molecule has 4 rings (SSSR count). The lowest BCUT2D eigenvalue weighted by atomic mass is 10.1. The number of amides is 1. The molecule has 31 heavy (non-hydrogen) atoms. The van der Waals surface area contributed by atoms with Crippen LogP contribution >= 0.6 is 0 Å². The Hall–Kier alpha value is -2.99. The molecule has 1 aromatic heterocycles. The number of nitrogens with one attached hydrogen (secondary N) is 1. The van der Waals surface area contributed by atoms with Gasteiger partial charge in [-0.25, -0.2) is 9.07 Å². The topological polar surface area (TPSA) is 50.2 Å². The summed E-state index contributed by atoms with van der Waals surface area (Å²) in [5.74, 6) is -0.446. The number of carbonyl (C=O) groups is 1. The Balaban J connectivity index is 1.53. The highest BCUT2D eigenvalue weighted by molar-refractivity contribution is 5.94. The van der Waals surface area contributed by atoms with Crippen LogP contribution in [0.4, 0.5) is 4.39 Å². The number of nitrogens with zero attached hydrogens (tertiary/aromatic N) is 3. The van der Waals surface area contributed by atoms with Crippen LogP contribution in [0.25, 0.3) is 5.69 Å². The van der Waals surface area contributed by atoms with Crippen LogP contribution in [0.2, 0.25) is 0 Å². The number of aromatic nitrogens is 2. The van der Waals surface area contributed by atoms with Gasteiger partial charge >= 0.3 is 0 Å². The summed E-state index contributed by atoms with van der Waals surface area (Å²) in [7, 11) is 2.10. The van der Waals surface area contributed by atoms with Crippen molar-refractivity contribution in [3.05, 3.63) is 82.4 Å². The summed E-state index contributed by atoms with van der Waals surface area (Å²) < 4.78 is 15.1. The normalized spacial score (nSPS) is 13.1. The fourth-order valence-electron chi connectivity index (χ4n) is 4.01. The number of halogens is 1. The minimum absolute atomic E-state index is 0.161. The highest BCUT2D eigenvalue weighted by atomic mass is 19.1. The summed E-state index contributed by atoms with van der Waals surface area (Å²) >= 11 is 0. The molecule has 162 valence electrons. The lowest BCUT2D eigenvalue weighted by molar-refractivity contribution is 0.0944. The molecule has 0 spiro atoms. The third-order valence-electron chi connectivity index (χ3n) is 6.08. The molecular formula is C25H29FN4O. The zero-order valence-electron chi connectivity index (χ0n) is 18.4. The SMILES string of the molecule is CC(C)N(C)Cc1ccccc1CNC(=O)c1nn(-c2ccc(F)cc2)c2c1CCC2. The van der Waals surface area contributed by atoms with E-state index in [-0.39, 0.29) is 11.7 Å². The molecule has 1 aliphatic rings. The van der Waals surface area contributed by atoms with Crippen molar-refractivity contribution in [1.82, 2.24) is 20.0 Å². The number of benzene rings is 2. The van der Waals surface area contributed by atoms with E-state index >= 15 is 0 Å². The Morgan fingerprint density at radius 1 is 1.13 bits per heavy atom. The minimum atomic E-state index is -0.285. The zero-order valence-corrected chi connectivity index (χ0v) is 18.4. The summed E-state index contributed by atoms with van der Waals surface area (Å²) in [6.45, 7) is 5.63. The quantitative estimate of drug-likeness (QED) is 0.621. The molecule has 1 aliphatic carbocycles. The first-order valence-corrected chi connectivity index (χ1v) is 10.9. The van der Waals surface area contributed by atoms with Crippen LogP contribution < -0.4 is 5.32 Å². The fraction of sp³-hybridized carbons (Fsp3) is 0.360. The Labute approximate surface area is 182 Å². The van der Waals surface area contributed by atoms with Crippen molar-refractivity contribution in [3.63, 3.8) is 0 Å². The molecule has 0 bridgehead atoms. The molecule has 1 heterocycles. The predicted molar refractivity (Wildman–Crippen MR) is 120 cm³/mol. The Morgan fingerprint density at radius 3 is 2.55 bits per heavy atom. The number of hydrogen-bond donors (Lipinski definition) is 1. The zero-order chi connectivity index (χ0) is 22.0. The van der Waals surface area contributed by atoms with Gasteiger partial charge in [-0.3, -0.25) is 9.69 Å². The van der Waals surface area contributed by atoms with Gasteiger partial charge in [0.2, 0.25) is 0 Å². The molecular weight excluding hydrogens is 391 g/mol. The first kappa shape index (κ1) is 21.2. The van der Waals surface area contributed by atoms with E-state index in [1.54, 1.807) is 16.8 Å². The number of fused-ring (bicyclic) bond motifs is 1. The third kappa shape index (κ3) is 4.54. The van der Waals surface area contributed by atoms with Crippen molar-refractivity contribution in [2.24, 2.45) is 0 Å². The maximum Gasteiger partial charge on any atom is 0.272 e. The Bertz CT molecular complexity index is 1070. The van der Waals surface area contributed by atoms with Crippen molar-refractivity contribution in [2.45, 2.75) is 52.2 Å². The minimum Gasteiger partial charge on any atom is -0.347 e. The number of hydrogen-bond acceptors (Lipinski definition) is 3. The lowest BCUT2D eigenvalue weighted by Gasteiger charge is -2.22. The lowest BCUT2D eigenvalue weighted by Crippen LogP contribution is -2.28. The van der Waals surface area contributed by atoms with E-state index in [4.69, 9.17) is 0 Å². The second kappa shape index (κ2) is 9.02. The van der Waals surface area contributed by atoms with Crippen LogP contribution in [0.5, 0.6) is 0 Å². The van der Waals surface area contributed by atoms with Crippen molar-refractivity contribution in [2.75, 3.05) is 7.05 Å². The molecule has 1 amide bonds. The summed E-state index contributed by atoms with van der Waals surface area (Å²) in [4.78, 5) is 15.3. The summed E-state index contributed by atoms with van der Waals surface area (Å²) in [5.41, 5.74) is 5.64. The van der Waals surface area contributed by atoms with Gasteiger partial charge in [0.1, 0.15) is 5.82 Å². The molecule has 0 aliphatic heterocycles. The molecule has 0 fully saturated rings. The molecule has 0 atom stereocenters. The molecule has 0 unspecified atom stereocenters. The van der Waals surface area contributed by atoms with Crippen molar-refractivity contribution < 1.29 is 9.18 Å². The average molecular weight is 421 g/mol. The van der Waals surface area contributed by atoms with Crippen molar-refractivity contribution in [1.29, 1.82) is 0 Å². The smallest absolute Gasteiger partial charge is 0.272 e. The Kier molecular flexibility index (Phi) is 6.18. The predicted octanol–water partition coefficient (Wildman–Crippen LogP) is 4.27. The first-order valence-electron chi connectivity index (χ1n) is 10.9. The van der Waals surface area contributed by atoms with Gasteiger partial charge in [-0.1, -0.05) is 24.3 Å². The number of rotatable bonds is 7. The van der Waals surface area contributed by atoms with E-state index in [0.29, 0.717) is 18.3 Å². The summed E-state index contributed by atoms with van der Waals surface area (Å²) in [5, 5.41) is 7.68. The fourth-order valence-corrected chi connectivity index (χ4v) is 4.01. The van der Waals surface area contributed by atoms with Crippen LogP contribution in [-0.4, -0.2) is 33.7 Å². The van der Waals surface area contributed by atoms with Gasteiger partial charge in [-0.2, -0.15) is 5.10 Å².